The molecule has 2 aliphatic heterocycles. The Morgan fingerprint density at radius 3 is 2.44 bits per heavy atom. The quantitative estimate of drug-likeness (QED) is 0.171. The van der Waals surface area contributed by atoms with Crippen molar-refractivity contribution in [3.63, 3.8) is 0 Å². The zero-order valence-electron chi connectivity index (χ0n) is 31.3. The predicted octanol–water partition coefficient (Wildman–Crippen LogP) is 5.59. The van der Waals surface area contributed by atoms with Crippen molar-refractivity contribution < 1.29 is 23.4 Å². The Kier molecular flexibility index (Phi) is 10.2. The first kappa shape index (κ1) is 38.7. The van der Waals surface area contributed by atoms with Crippen molar-refractivity contribution in [3.05, 3.63) is 90.3 Å². The van der Waals surface area contributed by atoms with Crippen molar-refractivity contribution in [1.82, 2.24) is 39.2 Å². The summed E-state index contributed by atoms with van der Waals surface area (Å²) in [6, 6.07) is 12.5. The first-order valence-electron chi connectivity index (χ1n) is 18.4. The number of carbonyl (C=O) groups is 1. The van der Waals surface area contributed by atoms with E-state index in [0.29, 0.717) is 52.9 Å². The first-order valence-corrected chi connectivity index (χ1v) is 19.2. The van der Waals surface area contributed by atoms with Gasteiger partial charge in [-0.05, 0) is 43.4 Å². The van der Waals surface area contributed by atoms with Crippen LogP contribution in [0.1, 0.15) is 48.7 Å². The molecule has 0 saturated carbocycles. The summed E-state index contributed by atoms with van der Waals surface area (Å²) in [7, 11) is 4.21. The molecule has 298 valence electrons. The predicted molar refractivity (Wildman–Crippen MR) is 212 cm³/mol. The highest BCUT2D eigenvalue weighted by molar-refractivity contribution is 6.39. The van der Waals surface area contributed by atoms with Crippen molar-refractivity contribution in [2.24, 2.45) is 14.1 Å². The summed E-state index contributed by atoms with van der Waals surface area (Å²) >= 11 is 14.2. The standard InChI is InChI=1S/C39H39Cl2F2N9O5/c1-49-34-28(36(54)50(2)38(49)56)32(46-33(47-34)31(42)43)44-24-9-5-7-22(30(24)41)21-6-4-8-23(29(21)40)25-18-20-10-11-26(27(20)35(45-25)57-3)52-15-13-39(19-52)12-14-51(16-17-53)37(55)48-39/h4-9,18,26,31,53H,10-17,19H2,1-3H3,(H,48,55)(H,44,46,47)/t26-,39-/m1/s1. The molecule has 0 unspecified atom stereocenters. The number of carbonyl (C=O) groups excluding carboxylic acids is 1. The number of aliphatic hydroxyl groups is 1. The molecular formula is C39H39Cl2F2N9O5. The maximum absolute atomic E-state index is 13.9. The Hall–Kier alpha value is -5.16. The van der Waals surface area contributed by atoms with Gasteiger partial charge in [-0.2, -0.15) is 0 Å². The number of aliphatic hydroxyl groups excluding tert-OH is 1. The first-order chi connectivity index (χ1) is 27.3. The number of ether oxygens (including phenoxy) is 1. The number of hydrogen-bond acceptors (Lipinski definition) is 10. The third-order valence-electron chi connectivity index (χ3n) is 11.4. The van der Waals surface area contributed by atoms with E-state index in [1.54, 1.807) is 36.3 Å². The van der Waals surface area contributed by atoms with Crippen molar-refractivity contribution in [2.75, 3.05) is 45.2 Å². The summed E-state index contributed by atoms with van der Waals surface area (Å²) in [5.74, 6) is -0.606. The van der Waals surface area contributed by atoms with Gasteiger partial charge >= 0.3 is 11.7 Å². The van der Waals surface area contributed by atoms with Crippen LogP contribution in [0.5, 0.6) is 5.88 Å². The Morgan fingerprint density at radius 1 is 1.00 bits per heavy atom. The van der Waals surface area contributed by atoms with Crippen LogP contribution in [0.3, 0.4) is 0 Å². The van der Waals surface area contributed by atoms with Gasteiger partial charge in [-0.25, -0.2) is 33.3 Å². The van der Waals surface area contributed by atoms with Gasteiger partial charge in [0.25, 0.3) is 12.0 Å². The summed E-state index contributed by atoms with van der Waals surface area (Å²) < 4.78 is 35.7. The van der Waals surface area contributed by atoms with Crippen LogP contribution < -0.4 is 26.6 Å². The summed E-state index contributed by atoms with van der Waals surface area (Å²) in [5, 5.41) is 15.9. The van der Waals surface area contributed by atoms with Gasteiger partial charge in [0.1, 0.15) is 11.2 Å². The maximum atomic E-state index is 13.9. The molecule has 1 aliphatic carbocycles. The number of anilines is 2. The minimum absolute atomic E-state index is 0.0629. The van der Waals surface area contributed by atoms with Gasteiger partial charge in [-0.3, -0.25) is 18.8 Å². The Labute approximate surface area is 335 Å². The molecule has 0 radical (unpaired) electrons. The molecule has 0 bridgehead atoms. The van der Waals surface area contributed by atoms with E-state index in [2.05, 4.69) is 25.5 Å². The van der Waals surface area contributed by atoms with Crippen LogP contribution in [0.15, 0.2) is 52.1 Å². The largest absolute Gasteiger partial charge is 0.481 e. The van der Waals surface area contributed by atoms with Gasteiger partial charge < -0.3 is 25.4 Å². The Morgan fingerprint density at radius 2 is 1.72 bits per heavy atom. The number of nitrogens with zero attached hydrogens (tertiary/aromatic N) is 7. The van der Waals surface area contributed by atoms with Crippen molar-refractivity contribution >= 4 is 51.8 Å². The number of amides is 2. The summed E-state index contributed by atoms with van der Waals surface area (Å²) in [6.07, 6.45) is 0.214. The van der Waals surface area contributed by atoms with Crippen LogP contribution in [-0.4, -0.2) is 90.5 Å². The number of alkyl halides is 2. The fraction of sp³-hybridized carbons (Fsp3) is 0.385. The van der Waals surface area contributed by atoms with Gasteiger partial charge in [-0.1, -0.05) is 53.5 Å². The highest BCUT2D eigenvalue weighted by atomic mass is 35.5. The highest BCUT2D eigenvalue weighted by Gasteiger charge is 2.46. The molecule has 5 heterocycles. The van der Waals surface area contributed by atoms with Gasteiger partial charge in [0.2, 0.25) is 5.88 Å². The molecule has 5 aromatic rings. The zero-order valence-corrected chi connectivity index (χ0v) is 32.8. The number of benzene rings is 2. The lowest BCUT2D eigenvalue weighted by molar-refractivity contribution is 0.127. The number of aromatic nitrogens is 5. The fourth-order valence-electron chi connectivity index (χ4n) is 8.44. The molecular weight excluding hydrogens is 783 g/mol. The van der Waals surface area contributed by atoms with E-state index < -0.39 is 23.5 Å². The lowest BCUT2D eigenvalue weighted by Crippen LogP contribution is -2.61. The number of pyridine rings is 1. The maximum Gasteiger partial charge on any atom is 0.332 e. The van der Waals surface area contributed by atoms with E-state index in [1.807, 2.05) is 18.2 Å². The number of fused-ring (bicyclic) bond motifs is 2. The summed E-state index contributed by atoms with van der Waals surface area (Å²) in [6.45, 7) is 2.38. The Bertz CT molecular complexity index is 2570. The van der Waals surface area contributed by atoms with Crippen LogP contribution >= 0.6 is 23.2 Å². The van der Waals surface area contributed by atoms with Crippen LogP contribution in [0, 0.1) is 0 Å². The second-order valence-corrected chi connectivity index (χ2v) is 15.4. The van der Waals surface area contributed by atoms with Gasteiger partial charge in [0.15, 0.2) is 11.5 Å². The number of likely N-dealkylation sites (tertiary alicyclic amines) is 1. The average molecular weight is 823 g/mol. The smallest absolute Gasteiger partial charge is 0.332 e. The molecule has 1 spiro atoms. The SMILES string of the molecule is COc1nc(-c2cccc(-c3cccc(Nc4nc(C(F)F)nc5c4c(=O)n(C)c(=O)n5C)c3Cl)c2Cl)cc2c1[C@H](N1CC[C@]3(CCN(CCO)C(=O)N3)C1)CC2. The van der Waals surface area contributed by atoms with E-state index in [-0.39, 0.29) is 51.8 Å². The van der Waals surface area contributed by atoms with Crippen LogP contribution in [-0.2, 0) is 20.5 Å². The molecule has 18 heteroatoms. The number of hydrogen-bond donors (Lipinski definition) is 3. The number of methoxy groups -OCH3 is 1. The molecule has 2 fully saturated rings. The molecule has 14 nitrogen and oxygen atoms in total. The van der Waals surface area contributed by atoms with Gasteiger partial charge in [-0.15, -0.1) is 0 Å². The molecule has 8 rings (SSSR count). The fourth-order valence-corrected chi connectivity index (χ4v) is 9.04. The van der Waals surface area contributed by atoms with E-state index in [4.69, 9.17) is 32.9 Å². The van der Waals surface area contributed by atoms with Gasteiger partial charge in [0.05, 0.1) is 40.7 Å². The van der Waals surface area contributed by atoms with Crippen molar-refractivity contribution in [1.29, 1.82) is 0 Å². The zero-order chi connectivity index (χ0) is 40.3. The molecule has 57 heavy (non-hydrogen) atoms. The monoisotopic (exact) mass is 821 g/mol. The number of urea groups is 1. The van der Waals surface area contributed by atoms with Gasteiger partial charge in [0, 0.05) is 68.6 Å². The van der Waals surface area contributed by atoms with E-state index >= 15 is 0 Å². The van der Waals surface area contributed by atoms with E-state index in [0.717, 1.165) is 52.5 Å². The molecule has 2 amide bonds. The number of β-amino-alcohol motifs (C(OH)–C–C–N with tert-alkyl or cyclic N) is 1. The Balaban J connectivity index is 1.11. The minimum atomic E-state index is -3.09. The van der Waals surface area contributed by atoms with E-state index in [1.165, 1.54) is 14.1 Å². The number of rotatable bonds is 9. The highest BCUT2D eigenvalue weighted by Crippen LogP contribution is 2.47. The third kappa shape index (κ3) is 6.67. The second-order valence-electron chi connectivity index (χ2n) is 14.6. The van der Waals surface area contributed by atoms with Crippen LogP contribution in [0.4, 0.5) is 25.1 Å². The molecule has 2 atom stereocenters. The minimum Gasteiger partial charge on any atom is -0.481 e. The van der Waals surface area contributed by atoms with Crippen LogP contribution in [0.2, 0.25) is 10.0 Å². The summed E-state index contributed by atoms with van der Waals surface area (Å²) in [4.78, 5) is 55.5. The van der Waals surface area contributed by atoms with Crippen molar-refractivity contribution in [2.45, 2.75) is 43.7 Å². The molecule has 3 aromatic heterocycles. The summed E-state index contributed by atoms with van der Waals surface area (Å²) in [5.41, 5.74) is 2.62. The van der Waals surface area contributed by atoms with Crippen LogP contribution in [0.25, 0.3) is 33.4 Å². The third-order valence-corrected chi connectivity index (χ3v) is 12.2. The molecule has 2 saturated heterocycles. The normalized spacial score (nSPS) is 19.5. The topological polar surface area (TPSA) is 160 Å². The molecule has 3 N–H and O–H groups in total. The lowest BCUT2D eigenvalue weighted by atomic mass is 9.92. The number of aryl methyl sites for hydroxylation is 2. The van der Waals surface area contributed by atoms with Crippen molar-refractivity contribution in [3.8, 4) is 28.3 Å². The number of nitrogens with one attached hydrogen (secondary N) is 2. The second kappa shape index (κ2) is 15.0. The number of halogens is 4. The lowest BCUT2D eigenvalue weighted by Gasteiger charge is -2.40. The molecule has 2 aromatic carbocycles. The average Bonchev–Trinajstić information content (AvgIpc) is 3.82. The van der Waals surface area contributed by atoms with E-state index in [9.17, 15) is 28.3 Å². The molecule has 3 aliphatic rings.